The average molecular weight is 269 g/mol. The van der Waals surface area contributed by atoms with Gasteiger partial charge in [-0.1, -0.05) is 12.1 Å². The summed E-state index contributed by atoms with van der Waals surface area (Å²) in [6.07, 6.45) is 0. The largest absolute Gasteiger partial charge is 0.315 e. The normalized spacial score (nSPS) is 11.2. The lowest BCUT2D eigenvalue weighted by atomic mass is 10.2. The van der Waals surface area contributed by atoms with Crippen LogP contribution in [0, 0.1) is 13.8 Å². The second-order valence-corrected chi connectivity index (χ2v) is 5.01. The van der Waals surface area contributed by atoms with Gasteiger partial charge in [-0.3, -0.25) is 14.7 Å². The maximum absolute atomic E-state index is 12.5. The van der Waals surface area contributed by atoms with Crippen LogP contribution < -0.4 is 11.1 Å². The number of fused-ring (bicyclic) bond motifs is 1. The molecule has 2 aromatic heterocycles. The molecule has 0 saturated heterocycles. The Kier molecular flexibility index (Phi) is 2.64. The SMILES string of the molecule is Cc1cccc(-n2[nH]c3cc(=O)n(C)c(C)c3c2=O)c1. The van der Waals surface area contributed by atoms with E-state index >= 15 is 0 Å². The van der Waals surface area contributed by atoms with E-state index in [9.17, 15) is 9.59 Å². The molecule has 1 aromatic carbocycles. The lowest BCUT2D eigenvalue weighted by molar-refractivity contribution is 0.830. The van der Waals surface area contributed by atoms with Crippen molar-refractivity contribution in [1.82, 2.24) is 14.3 Å². The van der Waals surface area contributed by atoms with Gasteiger partial charge in [0.05, 0.1) is 16.6 Å². The number of benzene rings is 1. The molecular weight excluding hydrogens is 254 g/mol. The van der Waals surface area contributed by atoms with Gasteiger partial charge in [-0.25, -0.2) is 4.68 Å². The third kappa shape index (κ3) is 1.71. The number of aromatic amines is 1. The first-order valence-electron chi connectivity index (χ1n) is 6.37. The van der Waals surface area contributed by atoms with Crippen molar-refractivity contribution in [2.75, 3.05) is 0 Å². The van der Waals surface area contributed by atoms with Gasteiger partial charge in [-0.15, -0.1) is 0 Å². The minimum Gasteiger partial charge on any atom is -0.315 e. The summed E-state index contributed by atoms with van der Waals surface area (Å²) in [6.45, 7) is 3.75. The van der Waals surface area contributed by atoms with Crippen LogP contribution in [0.25, 0.3) is 16.6 Å². The summed E-state index contributed by atoms with van der Waals surface area (Å²) in [5.41, 5.74) is 2.80. The van der Waals surface area contributed by atoms with E-state index in [4.69, 9.17) is 0 Å². The lowest BCUT2D eigenvalue weighted by Gasteiger charge is -2.01. The van der Waals surface area contributed by atoms with E-state index in [-0.39, 0.29) is 11.1 Å². The van der Waals surface area contributed by atoms with Gasteiger partial charge in [0.1, 0.15) is 0 Å². The lowest BCUT2D eigenvalue weighted by Crippen LogP contribution is -2.20. The van der Waals surface area contributed by atoms with E-state index in [1.165, 1.54) is 15.3 Å². The number of nitrogens with zero attached hydrogens (tertiary/aromatic N) is 2. The molecule has 0 radical (unpaired) electrons. The van der Waals surface area contributed by atoms with Crippen LogP contribution in [0.3, 0.4) is 0 Å². The van der Waals surface area contributed by atoms with Gasteiger partial charge in [-0.05, 0) is 31.5 Å². The van der Waals surface area contributed by atoms with Crippen molar-refractivity contribution < 1.29 is 0 Å². The zero-order valence-corrected chi connectivity index (χ0v) is 11.6. The maximum atomic E-state index is 12.5. The van der Waals surface area contributed by atoms with Crippen LogP contribution in [0.4, 0.5) is 0 Å². The van der Waals surface area contributed by atoms with Crippen LogP contribution in [0.1, 0.15) is 11.3 Å². The van der Waals surface area contributed by atoms with E-state index in [0.717, 1.165) is 11.3 Å². The maximum Gasteiger partial charge on any atom is 0.280 e. The van der Waals surface area contributed by atoms with E-state index in [0.29, 0.717) is 16.6 Å². The number of aryl methyl sites for hydroxylation is 2. The first kappa shape index (κ1) is 12.5. The molecule has 5 nitrogen and oxygen atoms in total. The fourth-order valence-electron chi connectivity index (χ4n) is 2.41. The molecule has 0 fully saturated rings. The Morgan fingerprint density at radius 2 is 1.85 bits per heavy atom. The second kappa shape index (κ2) is 4.23. The summed E-state index contributed by atoms with van der Waals surface area (Å²) in [4.78, 5) is 24.3. The molecule has 3 rings (SSSR count). The molecule has 3 aromatic rings. The fraction of sp³-hybridized carbons (Fsp3) is 0.200. The monoisotopic (exact) mass is 269 g/mol. The van der Waals surface area contributed by atoms with Crippen LogP contribution in [0.15, 0.2) is 39.9 Å². The predicted octanol–water partition coefficient (Wildman–Crippen LogP) is 1.63. The Balaban J connectivity index is 2.41. The quantitative estimate of drug-likeness (QED) is 0.730. The van der Waals surface area contributed by atoms with Crippen molar-refractivity contribution in [3.05, 3.63) is 62.3 Å². The number of hydrogen-bond donors (Lipinski definition) is 1. The molecule has 2 heterocycles. The summed E-state index contributed by atoms with van der Waals surface area (Å²) in [5, 5.41) is 3.56. The van der Waals surface area contributed by atoms with Crippen LogP contribution in [0.2, 0.25) is 0 Å². The van der Waals surface area contributed by atoms with E-state index in [2.05, 4.69) is 5.10 Å². The molecule has 5 heteroatoms. The smallest absolute Gasteiger partial charge is 0.280 e. The third-order valence-corrected chi connectivity index (χ3v) is 3.64. The Morgan fingerprint density at radius 3 is 2.55 bits per heavy atom. The molecule has 0 aliphatic carbocycles. The van der Waals surface area contributed by atoms with Gasteiger partial charge in [0, 0.05) is 18.8 Å². The molecule has 0 aliphatic rings. The number of H-pyrrole nitrogens is 1. The number of nitrogens with one attached hydrogen (secondary N) is 1. The molecular formula is C15H15N3O2. The highest BCUT2D eigenvalue weighted by molar-refractivity contribution is 5.80. The Labute approximate surface area is 115 Å². The first-order valence-corrected chi connectivity index (χ1v) is 6.37. The number of aromatic nitrogens is 3. The predicted molar refractivity (Wildman–Crippen MR) is 78.6 cm³/mol. The van der Waals surface area contributed by atoms with E-state index < -0.39 is 0 Å². The molecule has 0 spiro atoms. The first-order chi connectivity index (χ1) is 9.49. The van der Waals surface area contributed by atoms with Gasteiger partial charge >= 0.3 is 0 Å². The highest BCUT2D eigenvalue weighted by atomic mass is 16.1. The van der Waals surface area contributed by atoms with Crippen molar-refractivity contribution >= 4 is 10.9 Å². The number of pyridine rings is 1. The molecule has 0 saturated carbocycles. The number of rotatable bonds is 1. The highest BCUT2D eigenvalue weighted by Crippen LogP contribution is 2.13. The molecule has 20 heavy (non-hydrogen) atoms. The summed E-state index contributed by atoms with van der Waals surface area (Å²) in [6, 6.07) is 9.10. The standard InChI is InChI=1S/C15H15N3O2/c1-9-5-4-6-11(7-9)18-15(20)14-10(2)17(3)13(19)8-12(14)16-18/h4-8,16H,1-3H3. The van der Waals surface area contributed by atoms with Gasteiger partial charge in [0.15, 0.2) is 0 Å². The van der Waals surface area contributed by atoms with Crippen molar-refractivity contribution in [2.45, 2.75) is 13.8 Å². The van der Waals surface area contributed by atoms with Gasteiger partial charge in [0.2, 0.25) is 0 Å². The molecule has 0 amide bonds. The van der Waals surface area contributed by atoms with Crippen LogP contribution in [-0.4, -0.2) is 14.3 Å². The molecule has 0 bridgehead atoms. The summed E-state index contributed by atoms with van der Waals surface area (Å²) < 4.78 is 2.96. The second-order valence-electron chi connectivity index (χ2n) is 5.01. The average Bonchev–Trinajstić information content (AvgIpc) is 2.73. The van der Waals surface area contributed by atoms with Crippen molar-refractivity contribution in [1.29, 1.82) is 0 Å². The Morgan fingerprint density at radius 1 is 1.10 bits per heavy atom. The van der Waals surface area contributed by atoms with E-state index in [1.54, 1.807) is 14.0 Å². The van der Waals surface area contributed by atoms with Crippen LogP contribution >= 0.6 is 0 Å². The zero-order chi connectivity index (χ0) is 14.4. The van der Waals surface area contributed by atoms with Gasteiger partial charge in [0.25, 0.3) is 11.1 Å². The molecule has 0 aliphatic heterocycles. The zero-order valence-electron chi connectivity index (χ0n) is 11.6. The molecule has 102 valence electrons. The van der Waals surface area contributed by atoms with Gasteiger partial charge < -0.3 is 4.57 Å². The highest BCUT2D eigenvalue weighted by Gasteiger charge is 2.13. The minimum atomic E-state index is -0.140. The van der Waals surface area contributed by atoms with E-state index in [1.807, 2.05) is 31.2 Å². The Bertz CT molecular complexity index is 928. The van der Waals surface area contributed by atoms with Gasteiger partial charge in [-0.2, -0.15) is 0 Å². The van der Waals surface area contributed by atoms with Crippen molar-refractivity contribution in [3.63, 3.8) is 0 Å². The summed E-state index contributed by atoms with van der Waals surface area (Å²) in [5.74, 6) is 0. The molecule has 0 unspecified atom stereocenters. The molecule has 0 atom stereocenters. The third-order valence-electron chi connectivity index (χ3n) is 3.64. The van der Waals surface area contributed by atoms with Crippen molar-refractivity contribution in [2.24, 2.45) is 7.05 Å². The topological polar surface area (TPSA) is 59.8 Å². The Hall–Kier alpha value is -2.56. The van der Waals surface area contributed by atoms with Crippen LogP contribution in [0.5, 0.6) is 0 Å². The van der Waals surface area contributed by atoms with Crippen LogP contribution in [-0.2, 0) is 7.05 Å². The summed E-state index contributed by atoms with van der Waals surface area (Å²) >= 11 is 0. The minimum absolute atomic E-state index is 0.132. The molecule has 1 N–H and O–H groups in total. The number of hydrogen-bond acceptors (Lipinski definition) is 2. The fourth-order valence-corrected chi connectivity index (χ4v) is 2.41. The summed E-state index contributed by atoms with van der Waals surface area (Å²) in [7, 11) is 1.67. The van der Waals surface area contributed by atoms with Crippen molar-refractivity contribution in [3.8, 4) is 5.69 Å².